The normalized spacial score (nSPS) is 11.7. The Morgan fingerprint density at radius 2 is 1.94 bits per heavy atom. The third-order valence-corrected chi connectivity index (χ3v) is 1.93. The van der Waals surface area contributed by atoms with Crippen molar-refractivity contribution in [3.05, 3.63) is 0 Å². The highest BCUT2D eigenvalue weighted by atomic mass is 16.5. The van der Waals surface area contributed by atoms with E-state index >= 15 is 0 Å². The lowest BCUT2D eigenvalue weighted by atomic mass is 10.1. The third-order valence-electron chi connectivity index (χ3n) is 1.93. The predicted molar refractivity (Wildman–Crippen MR) is 69.6 cm³/mol. The number of nitrogen functional groups attached to an aromatic ring is 1. The van der Waals surface area contributed by atoms with Crippen molar-refractivity contribution < 1.29 is 9.47 Å². The fourth-order valence-corrected chi connectivity index (χ4v) is 1.39. The molecule has 1 rings (SSSR count). The molecule has 0 aromatic carbocycles. The van der Waals surface area contributed by atoms with Crippen LogP contribution in [0.2, 0.25) is 0 Å². The Labute approximate surface area is 107 Å². The summed E-state index contributed by atoms with van der Waals surface area (Å²) < 4.78 is 10.5. The van der Waals surface area contributed by atoms with Crippen LogP contribution in [0.4, 0.5) is 11.9 Å². The van der Waals surface area contributed by atoms with Crippen molar-refractivity contribution in [1.29, 1.82) is 0 Å². The summed E-state index contributed by atoms with van der Waals surface area (Å²) in [6, 6.07) is 0.216. The van der Waals surface area contributed by atoms with Gasteiger partial charge in [0.1, 0.15) is 0 Å². The van der Waals surface area contributed by atoms with Crippen LogP contribution in [-0.4, -0.2) is 40.3 Å². The maximum atomic E-state index is 5.61. The zero-order chi connectivity index (χ0) is 13.8. The zero-order valence-electron chi connectivity index (χ0n) is 11.5. The van der Waals surface area contributed by atoms with E-state index in [0.717, 1.165) is 0 Å². The van der Waals surface area contributed by atoms with Crippen LogP contribution in [0.25, 0.3) is 0 Å². The maximum Gasteiger partial charge on any atom is 0.323 e. The van der Waals surface area contributed by atoms with E-state index < -0.39 is 0 Å². The van der Waals surface area contributed by atoms with Crippen molar-refractivity contribution >= 4 is 11.9 Å². The quantitative estimate of drug-likeness (QED) is 0.785. The molecule has 7 heteroatoms. The van der Waals surface area contributed by atoms with Gasteiger partial charge in [-0.1, -0.05) is 0 Å². The lowest BCUT2D eigenvalue weighted by molar-refractivity contribution is 0.157. The Morgan fingerprint density at radius 1 is 1.28 bits per heavy atom. The highest BCUT2D eigenvalue weighted by molar-refractivity contribution is 5.35. The highest BCUT2D eigenvalue weighted by Gasteiger charge is 2.19. The first-order chi connectivity index (χ1) is 8.32. The molecule has 7 nitrogen and oxygen atoms in total. The minimum Gasteiger partial charge on any atom is -0.461 e. The molecular formula is C11H21N5O2. The molecule has 1 aromatic rings. The Hall–Kier alpha value is -1.63. The minimum absolute atomic E-state index is 0.0216. The van der Waals surface area contributed by atoms with E-state index in [1.807, 2.05) is 27.7 Å². The molecule has 102 valence electrons. The van der Waals surface area contributed by atoms with Crippen LogP contribution in [0, 0.1) is 0 Å². The van der Waals surface area contributed by atoms with Crippen LogP contribution in [-0.2, 0) is 4.74 Å². The van der Waals surface area contributed by atoms with Gasteiger partial charge >= 0.3 is 6.01 Å². The summed E-state index contributed by atoms with van der Waals surface area (Å²) in [5.74, 6) is 0.497. The molecule has 0 aliphatic heterocycles. The first kappa shape index (κ1) is 14.4. The van der Waals surface area contributed by atoms with Gasteiger partial charge in [-0.3, -0.25) is 0 Å². The van der Waals surface area contributed by atoms with E-state index in [0.29, 0.717) is 12.6 Å². The average molecular weight is 255 g/mol. The second-order valence-electron chi connectivity index (χ2n) is 4.91. The molecular weight excluding hydrogens is 234 g/mol. The average Bonchev–Trinajstić information content (AvgIpc) is 2.13. The summed E-state index contributed by atoms with van der Waals surface area (Å²) in [5, 5.41) is 3.13. The lowest BCUT2D eigenvalue weighted by Gasteiger charge is -2.25. The van der Waals surface area contributed by atoms with Gasteiger partial charge in [-0.15, -0.1) is 0 Å². The summed E-state index contributed by atoms with van der Waals surface area (Å²) in [4.78, 5) is 12.1. The molecule has 1 heterocycles. The number of anilines is 2. The van der Waals surface area contributed by atoms with E-state index in [2.05, 4.69) is 20.3 Å². The summed E-state index contributed by atoms with van der Waals surface area (Å²) in [7, 11) is 1.64. The van der Waals surface area contributed by atoms with Gasteiger partial charge in [0.15, 0.2) is 0 Å². The van der Waals surface area contributed by atoms with Gasteiger partial charge in [-0.25, -0.2) is 0 Å². The predicted octanol–water partition coefficient (Wildman–Crippen LogP) is 1.08. The molecule has 0 saturated carbocycles. The van der Waals surface area contributed by atoms with Crippen LogP contribution >= 0.6 is 0 Å². The Morgan fingerprint density at radius 3 is 2.50 bits per heavy atom. The van der Waals surface area contributed by atoms with Gasteiger partial charge in [-0.05, 0) is 27.7 Å². The summed E-state index contributed by atoms with van der Waals surface area (Å²) >= 11 is 0. The number of methoxy groups -OCH3 is 1. The first-order valence-corrected chi connectivity index (χ1v) is 5.78. The van der Waals surface area contributed by atoms with E-state index in [4.69, 9.17) is 15.2 Å². The molecule has 0 fully saturated rings. The second-order valence-corrected chi connectivity index (χ2v) is 4.91. The zero-order valence-corrected chi connectivity index (χ0v) is 11.5. The van der Waals surface area contributed by atoms with E-state index in [1.165, 1.54) is 0 Å². The van der Waals surface area contributed by atoms with Gasteiger partial charge in [-0.2, -0.15) is 15.0 Å². The molecule has 0 amide bonds. The number of ether oxygens (including phenoxy) is 2. The number of hydrogen-bond donors (Lipinski definition) is 2. The molecule has 0 radical (unpaired) electrons. The fraction of sp³-hybridized carbons (Fsp3) is 0.727. The maximum absolute atomic E-state index is 5.61. The van der Waals surface area contributed by atoms with E-state index in [9.17, 15) is 0 Å². The van der Waals surface area contributed by atoms with E-state index in [-0.39, 0.29) is 23.6 Å². The van der Waals surface area contributed by atoms with Crippen molar-refractivity contribution in [2.75, 3.05) is 24.8 Å². The number of hydrogen-bond acceptors (Lipinski definition) is 7. The van der Waals surface area contributed by atoms with Crippen molar-refractivity contribution in [2.45, 2.75) is 39.3 Å². The number of nitrogens with one attached hydrogen (secondary N) is 1. The molecule has 0 spiro atoms. The number of nitrogens with zero attached hydrogens (tertiary/aromatic N) is 3. The smallest absolute Gasteiger partial charge is 0.323 e. The third kappa shape index (κ3) is 4.70. The topological polar surface area (TPSA) is 95.2 Å². The van der Waals surface area contributed by atoms with Gasteiger partial charge in [0, 0.05) is 7.11 Å². The SMILES string of the molecule is COCC(C)(C)Nc1nc(N)nc(OC(C)C)n1. The van der Waals surface area contributed by atoms with Crippen LogP contribution in [0.3, 0.4) is 0 Å². The number of nitrogens with two attached hydrogens (primary N) is 1. The highest BCUT2D eigenvalue weighted by Crippen LogP contribution is 2.15. The first-order valence-electron chi connectivity index (χ1n) is 5.78. The summed E-state index contributed by atoms with van der Waals surface area (Å²) in [6.45, 7) is 8.24. The second kappa shape index (κ2) is 5.81. The molecule has 0 bridgehead atoms. The van der Waals surface area contributed by atoms with Crippen molar-refractivity contribution in [2.24, 2.45) is 0 Å². The number of aromatic nitrogens is 3. The Kier molecular flexibility index (Phi) is 4.66. The Balaban J connectivity index is 2.85. The molecule has 0 saturated heterocycles. The molecule has 0 unspecified atom stereocenters. The van der Waals surface area contributed by atoms with Crippen LogP contribution < -0.4 is 15.8 Å². The lowest BCUT2D eigenvalue weighted by Crippen LogP contribution is -2.36. The molecule has 18 heavy (non-hydrogen) atoms. The van der Waals surface area contributed by atoms with Crippen LogP contribution in [0.5, 0.6) is 6.01 Å². The van der Waals surface area contributed by atoms with Crippen molar-refractivity contribution in [1.82, 2.24) is 15.0 Å². The van der Waals surface area contributed by atoms with E-state index in [1.54, 1.807) is 7.11 Å². The van der Waals surface area contributed by atoms with Crippen molar-refractivity contribution in [3.63, 3.8) is 0 Å². The fourth-order valence-electron chi connectivity index (χ4n) is 1.39. The van der Waals surface area contributed by atoms with Gasteiger partial charge < -0.3 is 20.5 Å². The summed E-state index contributed by atoms with van der Waals surface area (Å²) in [6.07, 6.45) is -0.0216. The number of rotatable bonds is 6. The van der Waals surface area contributed by atoms with Gasteiger partial charge in [0.05, 0.1) is 18.2 Å². The van der Waals surface area contributed by atoms with Gasteiger partial charge in [0.2, 0.25) is 11.9 Å². The van der Waals surface area contributed by atoms with Crippen LogP contribution in [0.1, 0.15) is 27.7 Å². The molecule has 0 aliphatic carbocycles. The molecule has 0 atom stereocenters. The largest absolute Gasteiger partial charge is 0.461 e. The van der Waals surface area contributed by atoms with Gasteiger partial charge in [0.25, 0.3) is 0 Å². The standard InChI is InChI=1S/C11H21N5O2/c1-7(2)18-10-14-8(12)13-9(15-10)16-11(3,4)6-17-5/h7H,6H2,1-5H3,(H3,12,13,14,15,16). The molecule has 3 N–H and O–H groups in total. The Bertz CT molecular complexity index is 395. The van der Waals surface area contributed by atoms with Crippen molar-refractivity contribution in [3.8, 4) is 6.01 Å². The molecule has 0 aliphatic rings. The monoisotopic (exact) mass is 255 g/mol. The minimum atomic E-state index is -0.308. The summed E-state index contributed by atoms with van der Waals surface area (Å²) in [5.41, 5.74) is 5.31. The molecule has 1 aromatic heterocycles. The van der Waals surface area contributed by atoms with Crippen LogP contribution in [0.15, 0.2) is 0 Å².